The van der Waals surface area contributed by atoms with Gasteiger partial charge in [-0.25, -0.2) is 0 Å². The number of nitrogens with zero attached hydrogens (tertiary/aromatic N) is 2. The Morgan fingerprint density at radius 2 is 1.83 bits per heavy atom. The summed E-state index contributed by atoms with van der Waals surface area (Å²) >= 11 is 0. The topological polar surface area (TPSA) is 15.6 Å². The average molecular weight is 162 g/mol. The van der Waals surface area contributed by atoms with Crippen LogP contribution in [0.2, 0.25) is 0 Å². The Hall–Kier alpha value is -1.31. The minimum atomic E-state index is 1.02. The Morgan fingerprint density at radius 3 is 2.33 bits per heavy atom. The van der Waals surface area contributed by atoms with E-state index in [1.54, 1.807) is 7.05 Å². The van der Waals surface area contributed by atoms with E-state index in [0.717, 1.165) is 5.84 Å². The third-order valence-electron chi connectivity index (χ3n) is 1.95. The van der Waals surface area contributed by atoms with Gasteiger partial charge in [0.1, 0.15) is 0 Å². The minimum absolute atomic E-state index is 1.02. The molecule has 0 aliphatic rings. The first-order valence-corrected chi connectivity index (χ1v) is 3.98. The van der Waals surface area contributed by atoms with E-state index in [9.17, 15) is 0 Å². The van der Waals surface area contributed by atoms with E-state index >= 15 is 0 Å². The van der Waals surface area contributed by atoms with Crippen LogP contribution in [0.15, 0.2) is 35.3 Å². The highest BCUT2D eigenvalue weighted by atomic mass is 15.2. The van der Waals surface area contributed by atoms with Crippen LogP contribution >= 0.6 is 0 Å². The molecule has 0 atom stereocenters. The predicted octanol–water partition coefficient (Wildman–Crippen LogP) is 2.17. The number of rotatable bonds is 1. The second kappa shape index (κ2) is 3.90. The Kier molecular flexibility index (Phi) is 2.86. The van der Waals surface area contributed by atoms with E-state index in [0.29, 0.717) is 0 Å². The van der Waals surface area contributed by atoms with E-state index in [2.05, 4.69) is 22.0 Å². The summed E-state index contributed by atoms with van der Waals surface area (Å²) in [6.45, 7) is 1.99. The molecule has 0 aliphatic heterocycles. The van der Waals surface area contributed by atoms with Gasteiger partial charge >= 0.3 is 0 Å². The van der Waals surface area contributed by atoms with Gasteiger partial charge in [0, 0.05) is 19.8 Å². The SMILES string of the molecule is CN=C(C)N(C)c1ccccc1. The van der Waals surface area contributed by atoms with Crippen LogP contribution in [0.3, 0.4) is 0 Å². The zero-order valence-corrected chi connectivity index (χ0v) is 7.78. The lowest BCUT2D eigenvalue weighted by atomic mass is 10.3. The lowest BCUT2D eigenvalue weighted by molar-refractivity contribution is 1.22. The van der Waals surface area contributed by atoms with Crippen molar-refractivity contribution in [3.05, 3.63) is 30.3 Å². The first-order chi connectivity index (χ1) is 5.75. The van der Waals surface area contributed by atoms with Crippen LogP contribution in [0.25, 0.3) is 0 Å². The second-order valence-electron chi connectivity index (χ2n) is 2.67. The molecule has 0 unspecified atom stereocenters. The fourth-order valence-electron chi connectivity index (χ4n) is 0.988. The van der Waals surface area contributed by atoms with E-state index in [1.807, 2.05) is 32.2 Å². The van der Waals surface area contributed by atoms with Crippen LogP contribution in [0.1, 0.15) is 6.92 Å². The summed E-state index contributed by atoms with van der Waals surface area (Å²) < 4.78 is 0. The highest BCUT2D eigenvalue weighted by Gasteiger charge is 2.00. The molecular formula is C10H14N2. The van der Waals surface area contributed by atoms with Crippen molar-refractivity contribution in [3.8, 4) is 0 Å². The Labute approximate surface area is 73.5 Å². The third-order valence-corrected chi connectivity index (χ3v) is 1.95. The van der Waals surface area contributed by atoms with Gasteiger partial charge in [-0.1, -0.05) is 18.2 Å². The molecule has 1 aromatic carbocycles. The summed E-state index contributed by atoms with van der Waals surface area (Å²) in [5.41, 5.74) is 1.17. The van der Waals surface area contributed by atoms with E-state index in [-0.39, 0.29) is 0 Å². The molecule has 2 nitrogen and oxygen atoms in total. The van der Waals surface area contributed by atoms with E-state index < -0.39 is 0 Å². The Bertz CT molecular complexity index is 264. The number of aliphatic imine (C=N–C) groups is 1. The maximum atomic E-state index is 4.11. The van der Waals surface area contributed by atoms with Gasteiger partial charge in [0.15, 0.2) is 0 Å². The number of hydrogen-bond donors (Lipinski definition) is 0. The number of para-hydroxylation sites is 1. The molecule has 0 aromatic heterocycles. The number of amidine groups is 1. The van der Waals surface area contributed by atoms with E-state index in [1.165, 1.54) is 5.69 Å². The van der Waals surface area contributed by atoms with Crippen LogP contribution in [0.4, 0.5) is 5.69 Å². The molecule has 1 aromatic rings. The number of benzene rings is 1. The van der Waals surface area contributed by atoms with Crippen molar-refractivity contribution in [2.45, 2.75) is 6.92 Å². The van der Waals surface area contributed by atoms with Gasteiger partial charge in [0.25, 0.3) is 0 Å². The van der Waals surface area contributed by atoms with Gasteiger partial charge in [0.2, 0.25) is 0 Å². The lowest BCUT2D eigenvalue weighted by Crippen LogP contribution is -2.22. The van der Waals surface area contributed by atoms with Crippen molar-refractivity contribution in [1.82, 2.24) is 0 Å². The molecule has 2 heteroatoms. The molecule has 0 amide bonds. The van der Waals surface area contributed by atoms with Crippen LogP contribution in [0.5, 0.6) is 0 Å². The maximum absolute atomic E-state index is 4.11. The predicted molar refractivity (Wildman–Crippen MR) is 53.9 cm³/mol. The number of hydrogen-bond acceptors (Lipinski definition) is 1. The summed E-state index contributed by atoms with van der Waals surface area (Å²) in [4.78, 5) is 6.16. The summed E-state index contributed by atoms with van der Waals surface area (Å²) in [6, 6.07) is 10.2. The first kappa shape index (κ1) is 8.78. The van der Waals surface area contributed by atoms with Gasteiger partial charge in [-0.2, -0.15) is 0 Å². The molecule has 0 bridgehead atoms. The summed E-state index contributed by atoms with van der Waals surface area (Å²) in [7, 11) is 3.81. The van der Waals surface area contributed by atoms with Crippen molar-refractivity contribution in [3.63, 3.8) is 0 Å². The highest BCUT2D eigenvalue weighted by Crippen LogP contribution is 2.10. The zero-order valence-electron chi connectivity index (χ0n) is 7.78. The molecule has 0 fully saturated rings. The van der Waals surface area contributed by atoms with Crippen molar-refractivity contribution < 1.29 is 0 Å². The van der Waals surface area contributed by atoms with Crippen molar-refractivity contribution in [1.29, 1.82) is 0 Å². The van der Waals surface area contributed by atoms with Gasteiger partial charge in [-0.3, -0.25) is 4.99 Å². The van der Waals surface area contributed by atoms with Crippen LogP contribution in [-0.2, 0) is 0 Å². The van der Waals surface area contributed by atoms with E-state index in [4.69, 9.17) is 0 Å². The van der Waals surface area contributed by atoms with Crippen LogP contribution in [-0.4, -0.2) is 19.9 Å². The van der Waals surface area contributed by atoms with Gasteiger partial charge in [0.05, 0.1) is 5.84 Å². The van der Waals surface area contributed by atoms with Crippen molar-refractivity contribution in [2.24, 2.45) is 4.99 Å². The summed E-state index contributed by atoms with van der Waals surface area (Å²) in [5, 5.41) is 0. The summed E-state index contributed by atoms with van der Waals surface area (Å²) in [6.07, 6.45) is 0. The zero-order chi connectivity index (χ0) is 8.97. The largest absolute Gasteiger partial charge is 0.334 e. The molecule has 0 aliphatic carbocycles. The number of anilines is 1. The third kappa shape index (κ3) is 1.84. The van der Waals surface area contributed by atoms with Gasteiger partial charge in [-0.05, 0) is 19.1 Å². The molecule has 0 saturated carbocycles. The first-order valence-electron chi connectivity index (χ1n) is 3.98. The molecule has 12 heavy (non-hydrogen) atoms. The normalized spacial score (nSPS) is 11.4. The van der Waals surface area contributed by atoms with Gasteiger partial charge < -0.3 is 4.90 Å². The molecule has 64 valence electrons. The van der Waals surface area contributed by atoms with Crippen LogP contribution in [0, 0.1) is 0 Å². The second-order valence-corrected chi connectivity index (χ2v) is 2.67. The molecular weight excluding hydrogens is 148 g/mol. The lowest BCUT2D eigenvalue weighted by Gasteiger charge is -2.17. The molecule has 1 rings (SSSR count). The minimum Gasteiger partial charge on any atom is -0.334 e. The quantitative estimate of drug-likeness (QED) is 0.456. The summed E-state index contributed by atoms with van der Waals surface area (Å²) in [5.74, 6) is 1.02. The van der Waals surface area contributed by atoms with Gasteiger partial charge in [-0.15, -0.1) is 0 Å². The maximum Gasteiger partial charge on any atom is 0.0995 e. The Morgan fingerprint density at radius 1 is 1.25 bits per heavy atom. The molecule has 0 saturated heterocycles. The molecule has 0 spiro atoms. The smallest absolute Gasteiger partial charge is 0.0995 e. The highest BCUT2D eigenvalue weighted by molar-refractivity contribution is 5.95. The van der Waals surface area contributed by atoms with Crippen LogP contribution < -0.4 is 4.90 Å². The fraction of sp³-hybridized carbons (Fsp3) is 0.300. The standard InChI is InChI=1S/C10H14N2/c1-9(11-2)12(3)10-7-5-4-6-8-10/h4-8H,1-3H3. The fourth-order valence-corrected chi connectivity index (χ4v) is 0.988. The molecule has 0 radical (unpaired) electrons. The van der Waals surface area contributed by atoms with Crippen molar-refractivity contribution >= 4 is 11.5 Å². The molecule has 0 N–H and O–H groups in total. The molecule has 0 heterocycles. The van der Waals surface area contributed by atoms with Crippen molar-refractivity contribution in [2.75, 3.05) is 19.0 Å². The Balaban J connectivity index is 2.86. The average Bonchev–Trinajstić information content (AvgIpc) is 2.17. The monoisotopic (exact) mass is 162 g/mol.